The second kappa shape index (κ2) is 7.02. The fourth-order valence-corrected chi connectivity index (χ4v) is 3.78. The molecule has 1 aromatic carbocycles. The van der Waals surface area contributed by atoms with Crippen LogP contribution in [0.4, 0.5) is 0 Å². The van der Waals surface area contributed by atoms with Crippen LogP contribution in [0.15, 0.2) is 17.1 Å². The Labute approximate surface area is 150 Å². The van der Waals surface area contributed by atoms with Gasteiger partial charge in [-0.15, -0.1) is 0 Å². The molecular weight excluding hydrogens is 290 g/mol. The molecule has 0 amide bonds. The Bertz CT molecular complexity index is 596. The van der Waals surface area contributed by atoms with Crippen molar-refractivity contribution >= 4 is 6.21 Å². The van der Waals surface area contributed by atoms with E-state index in [4.69, 9.17) is 4.99 Å². The molecule has 1 nitrogen and oxygen atoms in total. The van der Waals surface area contributed by atoms with E-state index in [2.05, 4.69) is 73.7 Å². The first-order valence-corrected chi connectivity index (χ1v) is 9.69. The third-order valence-electron chi connectivity index (χ3n) is 5.59. The molecule has 24 heavy (non-hydrogen) atoms. The van der Waals surface area contributed by atoms with E-state index in [-0.39, 0.29) is 10.8 Å². The van der Waals surface area contributed by atoms with E-state index in [9.17, 15) is 0 Å². The van der Waals surface area contributed by atoms with Gasteiger partial charge in [0.15, 0.2) is 0 Å². The topological polar surface area (TPSA) is 12.4 Å². The summed E-state index contributed by atoms with van der Waals surface area (Å²) in [5.41, 5.74) is 5.89. The Kier molecular flexibility index (Phi) is 5.62. The molecule has 0 bridgehead atoms. The zero-order valence-electron chi connectivity index (χ0n) is 17.2. The Morgan fingerprint density at radius 1 is 0.958 bits per heavy atom. The second-order valence-electron chi connectivity index (χ2n) is 9.85. The van der Waals surface area contributed by atoms with Crippen molar-refractivity contribution in [3.05, 3.63) is 34.4 Å². The van der Waals surface area contributed by atoms with Gasteiger partial charge in [0.1, 0.15) is 0 Å². The summed E-state index contributed by atoms with van der Waals surface area (Å²) < 4.78 is 0. The quantitative estimate of drug-likeness (QED) is 0.543. The van der Waals surface area contributed by atoms with Gasteiger partial charge in [-0.05, 0) is 64.8 Å². The van der Waals surface area contributed by atoms with Crippen LogP contribution in [0.3, 0.4) is 0 Å². The van der Waals surface area contributed by atoms with E-state index in [1.807, 2.05) is 0 Å². The number of hydrogen-bond donors (Lipinski definition) is 0. The summed E-state index contributed by atoms with van der Waals surface area (Å²) in [6.07, 6.45) is 7.46. The van der Waals surface area contributed by atoms with Crippen LogP contribution >= 0.6 is 0 Å². The highest BCUT2D eigenvalue weighted by molar-refractivity contribution is 5.83. The Morgan fingerprint density at radius 3 is 2.12 bits per heavy atom. The van der Waals surface area contributed by atoms with Crippen molar-refractivity contribution in [1.82, 2.24) is 0 Å². The predicted molar refractivity (Wildman–Crippen MR) is 108 cm³/mol. The molecule has 1 saturated carbocycles. The summed E-state index contributed by atoms with van der Waals surface area (Å²) in [6, 6.07) is 5.28. The normalized spacial score (nSPS) is 23.0. The van der Waals surface area contributed by atoms with Crippen LogP contribution in [0, 0.1) is 12.8 Å². The van der Waals surface area contributed by atoms with E-state index in [0.717, 1.165) is 5.92 Å². The van der Waals surface area contributed by atoms with Gasteiger partial charge >= 0.3 is 0 Å². The van der Waals surface area contributed by atoms with E-state index in [0.29, 0.717) is 6.04 Å². The average molecular weight is 328 g/mol. The zero-order valence-corrected chi connectivity index (χ0v) is 17.2. The lowest BCUT2D eigenvalue weighted by atomic mass is 9.77. The third-order valence-corrected chi connectivity index (χ3v) is 5.59. The molecule has 0 heterocycles. The number of rotatable bonds is 2. The van der Waals surface area contributed by atoms with E-state index >= 15 is 0 Å². The molecule has 1 aromatic rings. The molecule has 1 heteroatoms. The maximum Gasteiger partial charge on any atom is 0.0525 e. The monoisotopic (exact) mass is 327 g/mol. The highest BCUT2D eigenvalue weighted by atomic mass is 14.8. The molecular formula is C23H37N. The molecule has 0 spiro atoms. The van der Waals surface area contributed by atoms with Crippen molar-refractivity contribution < 1.29 is 0 Å². The van der Waals surface area contributed by atoms with Crippen molar-refractivity contribution in [2.24, 2.45) is 10.9 Å². The van der Waals surface area contributed by atoms with Crippen LogP contribution in [0.25, 0.3) is 0 Å². The van der Waals surface area contributed by atoms with Crippen LogP contribution in [0.1, 0.15) is 96.4 Å². The van der Waals surface area contributed by atoms with Gasteiger partial charge in [0.05, 0.1) is 6.04 Å². The van der Waals surface area contributed by atoms with Crippen molar-refractivity contribution in [1.29, 1.82) is 0 Å². The molecule has 0 aromatic heterocycles. The highest BCUT2D eigenvalue weighted by Crippen LogP contribution is 2.33. The van der Waals surface area contributed by atoms with Crippen LogP contribution in [0.2, 0.25) is 0 Å². The fraction of sp³-hybridized carbons (Fsp3) is 0.696. The van der Waals surface area contributed by atoms with Gasteiger partial charge in [-0.3, -0.25) is 4.99 Å². The van der Waals surface area contributed by atoms with Gasteiger partial charge in [0.2, 0.25) is 0 Å². The van der Waals surface area contributed by atoms with Gasteiger partial charge in [0, 0.05) is 6.21 Å². The van der Waals surface area contributed by atoms with Crippen LogP contribution in [-0.4, -0.2) is 12.3 Å². The first kappa shape index (κ1) is 19.2. The average Bonchev–Trinajstić information content (AvgIpc) is 2.45. The maximum atomic E-state index is 5.02. The lowest BCUT2D eigenvalue weighted by Gasteiger charge is -2.28. The molecule has 2 rings (SSSR count). The van der Waals surface area contributed by atoms with Gasteiger partial charge in [-0.25, -0.2) is 0 Å². The molecule has 0 N–H and O–H groups in total. The first-order chi connectivity index (χ1) is 11.0. The lowest BCUT2D eigenvalue weighted by molar-refractivity contribution is 0.333. The summed E-state index contributed by atoms with van der Waals surface area (Å²) in [7, 11) is 0. The highest BCUT2D eigenvalue weighted by Gasteiger charge is 2.23. The van der Waals surface area contributed by atoms with E-state index in [1.54, 1.807) is 0 Å². The van der Waals surface area contributed by atoms with E-state index in [1.165, 1.54) is 47.9 Å². The largest absolute Gasteiger partial charge is 0.289 e. The summed E-state index contributed by atoms with van der Waals surface area (Å²) in [5.74, 6) is 0.725. The van der Waals surface area contributed by atoms with E-state index < -0.39 is 0 Å². The molecule has 2 atom stereocenters. The molecule has 0 aliphatic heterocycles. The third kappa shape index (κ3) is 4.49. The fourth-order valence-electron chi connectivity index (χ4n) is 3.78. The van der Waals surface area contributed by atoms with Crippen molar-refractivity contribution in [2.75, 3.05) is 0 Å². The van der Waals surface area contributed by atoms with Gasteiger partial charge in [-0.2, -0.15) is 0 Å². The molecule has 2 unspecified atom stereocenters. The van der Waals surface area contributed by atoms with Gasteiger partial charge in [-0.1, -0.05) is 67.4 Å². The summed E-state index contributed by atoms with van der Waals surface area (Å²) >= 11 is 0. The van der Waals surface area contributed by atoms with Crippen molar-refractivity contribution in [2.45, 2.75) is 97.9 Å². The first-order valence-electron chi connectivity index (χ1n) is 9.69. The second-order valence-corrected chi connectivity index (χ2v) is 9.85. The SMILES string of the molecule is Cc1c(C=NC2CCCCC2C)cc(C(C)(C)C)cc1C(C)(C)C. The summed E-state index contributed by atoms with van der Waals surface area (Å²) in [4.78, 5) is 5.02. The minimum Gasteiger partial charge on any atom is -0.289 e. The molecule has 0 saturated heterocycles. The Hall–Kier alpha value is -1.11. The predicted octanol–water partition coefficient (Wildman–Crippen LogP) is 6.59. The smallest absolute Gasteiger partial charge is 0.0525 e. The standard InChI is InChI=1S/C23H37N/c1-16-11-9-10-12-21(16)24-15-18-13-19(22(3,4)5)14-20(17(18)2)23(6,7)8/h13-16,21H,9-12H2,1-8H3. The Balaban J connectivity index is 2.44. The minimum absolute atomic E-state index is 0.159. The molecule has 0 radical (unpaired) electrons. The number of benzene rings is 1. The number of aliphatic imine (C=N–C) groups is 1. The molecule has 134 valence electrons. The number of nitrogens with zero attached hydrogens (tertiary/aromatic N) is 1. The molecule has 1 fully saturated rings. The van der Waals surface area contributed by atoms with Crippen LogP contribution in [0.5, 0.6) is 0 Å². The van der Waals surface area contributed by atoms with Crippen molar-refractivity contribution in [3.63, 3.8) is 0 Å². The zero-order chi connectivity index (χ0) is 18.1. The van der Waals surface area contributed by atoms with Gasteiger partial charge < -0.3 is 0 Å². The minimum atomic E-state index is 0.159. The summed E-state index contributed by atoms with van der Waals surface area (Å²) in [6.45, 7) is 18.5. The molecule has 1 aliphatic rings. The van der Waals surface area contributed by atoms with Gasteiger partial charge in [0.25, 0.3) is 0 Å². The Morgan fingerprint density at radius 2 is 1.58 bits per heavy atom. The maximum absolute atomic E-state index is 5.02. The molecule has 1 aliphatic carbocycles. The number of hydrogen-bond acceptors (Lipinski definition) is 1. The van der Waals surface area contributed by atoms with Crippen LogP contribution < -0.4 is 0 Å². The van der Waals surface area contributed by atoms with Crippen molar-refractivity contribution in [3.8, 4) is 0 Å². The lowest BCUT2D eigenvalue weighted by Crippen LogP contribution is -2.21. The summed E-state index contributed by atoms with van der Waals surface area (Å²) in [5, 5.41) is 0. The van der Waals surface area contributed by atoms with Crippen LogP contribution in [-0.2, 0) is 10.8 Å².